The molecule has 0 unspecified atom stereocenters. The van der Waals surface area contributed by atoms with Crippen LogP contribution < -0.4 is 10.2 Å². The molecule has 2 aromatic carbocycles. The van der Waals surface area contributed by atoms with Gasteiger partial charge in [-0.15, -0.1) is 0 Å². The molecule has 0 aliphatic carbocycles. The first kappa shape index (κ1) is 20.6. The minimum Gasteiger partial charge on any atom is -0.462 e. The Balaban J connectivity index is 1.77. The van der Waals surface area contributed by atoms with Crippen LogP contribution in [0.2, 0.25) is 0 Å². The molecule has 0 spiro atoms. The van der Waals surface area contributed by atoms with Crippen LogP contribution in [0.5, 0.6) is 0 Å². The SMILES string of the molecule is CCCOC(=O)c1ccc(N2C(=O)C(Cl)=C(Nc3ccc(CC)cc3)C2=O)cc1. The highest BCUT2D eigenvalue weighted by molar-refractivity contribution is 6.53. The first-order valence-electron chi connectivity index (χ1n) is 9.38. The first-order chi connectivity index (χ1) is 14.0. The maximum atomic E-state index is 12.8. The van der Waals surface area contributed by atoms with E-state index in [0.29, 0.717) is 23.5 Å². The lowest BCUT2D eigenvalue weighted by Crippen LogP contribution is -2.32. The van der Waals surface area contributed by atoms with E-state index in [0.717, 1.165) is 23.3 Å². The summed E-state index contributed by atoms with van der Waals surface area (Å²) in [4.78, 5) is 38.3. The number of carbonyl (C=O) groups is 3. The number of aryl methyl sites for hydroxylation is 1. The average molecular weight is 413 g/mol. The zero-order valence-corrected chi connectivity index (χ0v) is 17.0. The van der Waals surface area contributed by atoms with Gasteiger partial charge in [-0.3, -0.25) is 9.59 Å². The van der Waals surface area contributed by atoms with Gasteiger partial charge in [-0.1, -0.05) is 37.6 Å². The van der Waals surface area contributed by atoms with E-state index in [1.807, 2.05) is 38.1 Å². The molecule has 2 aromatic rings. The summed E-state index contributed by atoms with van der Waals surface area (Å²) in [6.45, 7) is 4.28. The maximum Gasteiger partial charge on any atom is 0.338 e. The van der Waals surface area contributed by atoms with E-state index < -0.39 is 17.8 Å². The fourth-order valence-corrected chi connectivity index (χ4v) is 3.05. The van der Waals surface area contributed by atoms with E-state index in [9.17, 15) is 14.4 Å². The van der Waals surface area contributed by atoms with Gasteiger partial charge in [0.15, 0.2) is 0 Å². The lowest BCUT2D eigenvalue weighted by Gasteiger charge is -2.15. The van der Waals surface area contributed by atoms with Crippen LogP contribution in [0.25, 0.3) is 0 Å². The van der Waals surface area contributed by atoms with Gasteiger partial charge in [0, 0.05) is 5.69 Å². The van der Waals surface area contributed by atoms with Crippen LogP contribution in [0.1, 0.15) is 36.2 Å². The highest BCUT2D eigenvalue weighted by Gasteiger charge is 2.39. The third-order valence-corrected chi connectivity index (χ3v) is 4.81. The van der Waals surface area contributed by atoms with Gasteiger partial charge in [0.2, 0.25) is 0 Å². The number of rotatable bonds is 7. The maximum absolute atomic E-state index is 12.8. The molecule has 0 fully saturated rings. The Kier molecular flexibility index (Phi) is 6.34. The van der Waals surface area contributed by atoms with Crippen LogP contribution in [0, 0.1) is 0 Å². The summed E-state index contributed by atoms with van der Waals surface area (Å²) in [6, 6.07) is 13.6. The number of benzene rings is 2. The van der Waals surface area contributed by atoms with Gasteiger partial charge in [-0.2, -0.15) is 0 Å². The highest BCUT2D eigenvalue weighted by Crippen LogP contribution is 2.30. The summed E-state index contributed by atoms with van der Waals surface area (Å²) >= 11 is 6.15. The van der Waals surface area contributed by atoms with Gasteiger partial charge >= 0.3 is 5.97 Å². The Bertz CT molecular complexity index is 965. The molecule has 1 aliphatic rings. The predicted octanol–water partition coefficient (Wildman–Crippen LogP) is 4.25. The van der Waals surface area contributed by atoms with Crippen LogP contribution in [-0.2, 0) is 20.7 Å². The normalized spacial score (nSPS) is 13.8. The Morgan fingerprint density at radius 1 is 1.00 bits per heavy atom. The van der Waals surface area contributed by atoms with Gasteiger partial charge in [0.25, 0.3) is 11.8 Å². The predicted molar refractivity (Wildman–Crippen MR) is 112 cm³/mol. The van der Waals surface area contributed by atoms with Crippen molar-refractivity contribution in [2.45, 2.75) is 26.7 Å². The smallest absolute Gasteiger partial charge is 0.338 e. The quantitative estimate of drug-likeness (QED) is 0.543. The molecular formula is C22H21ClN2O4. The number of amides is 2. The van der Waals surface area contributed by atoms with Gasteiger partial charge in [-0.05, 0) is 54.8 Å². The van der Waals surface area contributed by atoms with E-state index in [1.165, 1.54) is 24.3 Å². The Hall–Kier alpha value is -3.12. The Labute approximate surface area is 174 Å². The monoisotopic (exact) mass is 412 g/mol. The fraction of sp³-hybridized carbons (Fsp3) is 0.227. The van der Waals surface area contributed by atoms with Crippen LogP contribution in [-0.4, -0.2) is 24.4 Å². The first-order valence-corrected chi connectivity index (χ1v) is 9.75. The number of hydrogen-bond donors (Lipinski definition) is 1. The van der Waals surface area contributed by atoms with Gasteiger partial charge in [-0.25, -0.2) is 9.69 Å². The second-order valence-electron chi connectivity index (χ2n) is 6.49. The molecule has 29 heavy (non-hydrogen) atoms. The molecular weight excluding hydrogens is 392 g/mol. The molecule has 7 heteroatoms. The summed E-state index contributed by atoms with van der Waals surface area (Å²) in [5, 5.41) is 2.76. The van der Waals surface area contributed by atoms with Crippen molar-refractivity contribution in [3.8, 4) is 0 Å². The molecule has 6 nitrogen and oxygen atoms in total. The lowest BCUT2D eigenvalue weighted by molar-refractivity contribution is -0.120. The molecule has 0 radical (unpaired) electrons. The number of carbonyl (C=O) groups excluding carboxylic acids is 3. The van der Waals surface area contributed by atoms with Crippen molar-refractivity contribution < 1.29 is 19.1 Å². The number of nitrogens with zero attached hydrogens (tertiary/aromatic N) is 1. The van der Waals surface area contributed by atoms with Crippen LogP contribution >= 0.6 is 11.6 Å². The summed E-state index contributed by atoms with van der Waals surface area (Å²) in [5.41, 5.74) is 2.50. The second kappa shape index (κ2) is 8.92. The molecule has 3 rings (SSSR count). The van der Waals surface area contributed by atoms with Crippen molar-refractivity contribution in [1.82, 2.24) is 0 Å². The molecule has 1 aliphatic heterocycles. The molecule has 1 heterocycles. The summed E-state index contributed by atoms with van der Waals surface area (Å²) < 4.78 is 5.08. The van der Waals surface area contributed by atoms with E-state index in [1.54, 1.807) is 0 Å². The molecule has 150 valence electrons. The molecule has 0 atom stereocenters. The fourth-order valence-electron chi connectivity index (χ4n) is 2.84. The van der Waals surface area contributed by atoms with Crippen molar-refractivity contribution in [1.29, 1.82) is 0 Å². The average Bonchev–Trinajstić information content (AvgIpc) is 2.96. The lowest BCUT2D eigenvalue weighted by atomic mass is 10.1. The summed E-state index contributed by atoms with van der Waals surface area (Å²) in [5.74, 6) is -1.63. The molecule has 0 saturated carbocycles. The number of anilines is 2. The number of imide groups is 1. The van der Waals surface area contributed by atoms with E-state index in [2.05, 4.69) is 5.32 Å². The van der Waals surface area contributed by atoms with Crippen molar-refractivity contribution in [2.75, 3.05) is 16.8 Å². The van der Waals surface area contributed by atoms with Gasteiger partial charge in [0.1, 0.15) is 10.7 Å². The summed E-state index contributed by atoms with van der Waals surface area (Å²) in [7, 11) is 0. The van der Waals surface area contributed by atoms with Crippen molar-refractivity contribution in [2.24, 2.45) is 0 Å². The van der Waals surface area contributed by atoms with Crippen molar-refractivity contribution >= 4 is 40.8 Å². The molecule has 2 amide bonds. The minimum absolute atomic E-state index is 0.0207. The van der Waals surface area contributed by atoms with Crippen LogP contribution in [0.4, 0.5) is 11.4 Å². The third kappa shape index (κ3) is 4.32. The number of nitrogens with one attached hydrogen (secondary N) is 1. The molecule has 0 saturated heterocycles. The number of ether oxygens (including phenoxy) is 1. The molecule has 0 bridgehead atoms. The number of halogens is 1. The minimum atomic E-state index is -0.620. The Morgan fingerprint density at radius 3 is 2.24 bits per heavy atom. The highest BCUT2D eigenvalue weighted by atomic mass is 35.5. The van der Waals surface area contributed by atoms with E-state index >= 15 is 0 Å². The largest absolute Gasteiger partial charge is 0.462 e. The second-order valence-corrected chi connectivity index (χ2v) is 6.87. The van der Waals surface area contributed by atoms with Gasteiger partial charge in [0.05, 0.1) is 17.9 Å². The third-order valence-electron chi connectivity index (χ3n) is 4.46. The van der Waals surface area contributed by atoms with Crippen molar-refractivity contribution in [3.05, 3.63) is 70.4 Å². The zero-order chi connectivity index (χ0) is 21.0. The van der Waals surface area contributed by atoms with Crippen molar-refractivity contribution in [3.63, 3.8) is 0 Å². The topological polar surface area (TPSA) is 75.7 Å². The number of hydrogen-bond acceptors (Lipinski definition) is 5. The van der Waals surface area contributed by atoms with Gasteiger partial charge < -0.3 is 10.1 Å². The van der Waals surface area contributed by atoms with Crippen LogP contribution in [0.15, 0.2) is 59.3 Å². The standard InChI is InChI=1S/C22H21ClN2O4/c1-3-13-29-22(28)15-7-11-17(12-8-15)25-20(26)18(23)19(21(25)27)24-16-9-5-14(4-2)6-10-16/h5-12,24H,3-4,13H2,1-2H3. The molecule has 1 N–H and O–H groups in total. The number of esters is 1. The molecule has 0 aromatic heterocycles. The van der Waals surface area contributed by atoms with E-state index in [4.69, 9.17) is 16.3 Å². The zero-order valence-electron chi connectivity index (χ0n) is 16.2. The van der Waals surface area contributed by atoms with E-state index in [-0.39, 0.29) is 10.7 Å². The summed E-state index contributed by atoms with van der Waals surface area (Å²) in [6.07, 6.45) is 1.62. The Morgan fingerprint density at radius 2 is 1.66 bits per heavy atom. The van der Waals surface area contributed by atoms with Crippen LogP contribution in [0.3, 0.4) is 0 Å².